The number of amides is 1. The molecule has 1 amide bonds. The van der Waals surface area contributed by atoms with Gasteiger partial charge in [0.15, 0.2) is 0 Å². The van der Waals surface area contributed by atoms with E-state index < -0.39 is 15.9 Å². The van der Waals surface area contributed by atoms with Crippen molar-refractivity contribution in [3.63, 3.8) is 0 Å². The zero-order chi connectivity index (χ0) is 17.7. The molecule has 0 aliphatic carbocycles. The minimum absolute atomic E-state index is 0.134. The summed E-state index contributed by atoms with van der Waals surface area (Å²) in [4.78, 5) is 12.2. The highest BCUT2D eigenvalue weighted by Gasteiger charge is 2.19. The first kappa shape index (κ1) is 18.2. The molecular formula is C18H22N2O3S. The lowest BCUT2D eigenvalue weighted by atomic mass is 10.2. The Balaban J connectivity index is 2.30. The van der Waals surface area contributed by atoms with Crippen molar-refractivity contribution in [1.29, 1.82) is 0 Å². The minimum atomic E-state index is -3.63. The lowest BCUT2D eigenvalue weighted by molar-refractivity contribution is -0.117. The first-order valence-electron chi connectivity index (χ1n) is 7.89. The van der Waals surface area contributed by atoms with Crippen LogP contribution in [0.1, 0.15) is 25.8 Å². The van der Waals surface area contributed by atoms with Crippen molar-refractivity contribution >= 4 is 21.4 Å². The van der Waals surface area contributed by atoms with E-state index in [4.69, 9.17) is 5.73 Å². The molecule has 6 heteroatoms. The predicted molar refractivity (Wildman–Crippen MR) is 94.6 cm³/mol. The van der Waals surface area contributed by atoms with Crippen LogP contribution < -0.4 is 11.1 Å². The molecule has 1 atom stereocenters. The molecule has 5 nitrogen and oxygen atoms in total. The van der Waals surface area contributed by atoms with E-state index >= 15 is 0 Å². The smallest absolute Gasteiger partial charge is 0.241 e. The molecule has 24 heavy (non-hydrogen) atoms. The Hall–Kier alpha value is -2.18. The maximum Gasteiger partial charge on any atom is 0.241 e. The number of benzene rings is 2. The normalized spacial score (nSPS) is 12.6. The molecule has 0 aromatic heterocycles. The third-order valence-electron chi connectivity index (χ3n) is 3.83. The van der Waals surface area contributed by atoms with E-state index in [0.717, 1.165) is 12.0 Å². The number of carbonyl (C=O) groups is 1. The van der Waals surface area contributed by atoms with Gasteiger partial charge < -0.3 is 11.1 Å². The van der Waals surface area contributed by atoms with E-state index in [1.54, 1.807) is 36.4 Å². The molecule has 0 radical (unpaired) electrons. The molecular weight excluding hydrogens is 324 g/mol. The van der Waals surface area contributed by atoms with Crippen LogP contribution in [0.4, 0.5) is 5.69 Å². The number of nitrogens with two attached hydrogens (primary N) is 1. The monoisotopic (exact) mass is 346 g/mol. The van der Waals surface area contributed by atoms with Crippen LogP contribution in [0.15, 0.2) is 58.3 Å². The number of carbonyl (C=O) groups excluding carboxylic acids is 1. The summed E-state index contributed by atoms with van der Waals surface area (Å²) >= 11 is 0. The lowest BCUT2D eigenvalue weighted by Crippen LogP contribution is -2.34. The van der Waals surface area contributed by atoms with Gasteiger partial charge in [0.1, 0.15) is 0 Å². The van der Waals surface area contributed by atoms with Gasteiger partial charge in [-0.2, -0.15) is 0 Å². The van der Waals surface area contributed by atoms with Crippen molar-refractivity contribution in [3.8, 4) is 0 Å². The van der Waals surface area contributed by atoms with Crippen molar-refractivity contribution in [3.05, 3.63) is 54.1 Å². The molecule has 3 N–H and O–H groups in total. The molecule has 0 spiro atoms. The van der Waals surface area contributed by atoms with Gasteiger partial charge in [0, 0.05) is 5.69 Å². The Morgan fingerprint density at radius 2 is 1.75 bits per heavy atom. The maximum atomic E-state index is 12.7. The van der Waals surface area contributed by atoms with Gasteiger partial charge >= 0.3 is 0 Å². The second-order valence-electron chi connectivity index (χ2n) is 5.53. The summed E-state index contributed by atoms with van der Waals surface area (Å²) in [6, 6.07) is 12.4. The molecule has 0 aliphatic heterocycles. The van der Waals surface area contributed by atoms with Crippen molar-refractivity contribution in [1.82, 2.24) is 0 Å². The van der Waals surface area contributed by atoms with Crippen LogP contribution in [0.2, 0.25) is 0 Å². The zero-order valence-electron chi connectivity index (χ0n) is 13.8. The molecule has 2 aromatic carbocycles. The van der Waals surface area contributed by atoms with Gasteiger partial charge in [0.2, 0.25) is 15.7 Å². The summed E-state index contributed by atoms with van der Waals surface area (Å²) in [5, 5.41) is 2.65. The molecule has 0 fully saturated rings. The van der Waals surface area contributed by atoms with Gasteiger partial charge in [0.25, 0.3) is 0 Å². The highest BCUT2D eigenvalue weighted by molar-refractivity contribution is 7.91. The number of anilines is 1. The maximum absolute atomic E-state index is 12.7. The number of aryl methyl sites for hydroxylation is 1. The van der Waals surface area contributed by atoms with Crippen molar-refractivity contribution in [2.75, 3.05) is 5.32 Å². The van der Waals surface area contributed by atoms with Crippen LogP contribution in [0, 0.1) is 0 Å². The lowest BCUT2D eigenvalue weighted by Gasteiger charge is -2.11. The fourth-order valence-corrected chi connectivity index (χ4v) is 3.51. The van der Waals surface area contributed by atoms with Gasteiger partial charge in [0.05, 0.1) is 15.8 Å². The number of rotatable bonds is 6. The topological polar surface area (TPSA) is 89.3 Å². The summed E-state index contributed by atoms with van der Waals surface area (Å²) in [5.41, 5.74) is 7.16. The van der Waals surface area contributed by atoms with Gasteiger partial charge in [-0.3, -0.25) is 4.79 Å². The molecule has 0 saturated carbocycles. The van der Waals surface area contributed by atoms with Gasteiger partial charge in [-0.1, -0.05) is 32.0 Å². The van der Waals surface area contributed by atoms with Gasteiger partial charge in [-0.15, -0.1) is 0 Å². The molecule has 0 aliphatic rings. The summed E-state index contributed by atoms with van der Waals surface area (Å²) in [6.45, 7) is 3.82. The van der Waals surface area contributed by atoms with E-state index in [-0.39, 0.29) is 15.7 Å². The Labute approximate surface area is 142 Å². The fraction of sp³-hybridized carbons (Fsp3) is 0.278. The summed E-state index contributed by atoms with van der Waals surface area (Å²) in [7, 11) is -3.63. The second-order valence-corrected chi connectivity index (χ2v) is 7.48. The molecule has 2 rings (SSSR count). The quantitative estimate of drug-likeness (QED) is 0.841. The van der Waals surface area contributed by atoms with Crippen LogP contribution in [-0.2, 0) is 21.1 Å². The number of nitrogens with one attached hydrogen (secondary N) is 1. The third kappa shape index (κ3) is 4.01. The zero-order valence-corrected chi connectivity index (χ0v) is 14.6. The first-order valence-corrected chi connectivity index (χ1v) is 9.37. The predicted octanol–water partition coefficient (Wildman–Crippen LogP) is 2.76. The summed E-state index contributed by atoms with van der Waals surface area (Å²) in [6.07, 6.45) is 1.35. The number of sulfone groups is 1. The van der Waals surface area contributed by atoms with E-state index in [1.165, 1.54) is 12.1 Å². The van der Waals surface area contributed by atoms with Crippen LogP contribution >= 0.6 is 0 Å². The fourth-order valence-electron chi connectivity index (χ4n) is 2.20. The van der Waals surface area contributed by atoms with Crippen molar-refractivity contribution in [2.24, 2.45) is 5.73 Å². The van der Waals surface area contributed by atoms with Crippen LogP contribution in [0.3, 0.4) is 0 Å². The van der Waals surface area contributed by atoms with Crippen LogP contribution in [-0.4, -0.2) is 20.4 Å². The largest absolute Gasteiger partial charge is 0.325 e. The van der Waals surface area contributed by atoms with E-state index in [2.05, 4.69) is 5.32 Å². The number of hydrogen-bond donors (Lipinski definition) is 2. The molecule has 0 bridgehead atoms. The SMILES string of the molecule is CCc1ccc(S(=O)(=O)c2cccc(NC(=O)C(N)CC)c2)cc1. The first-order chi connectivity index (χ1) is 11.4. The molecule has 128 valence electrons. The molecule has 2 aromatic rings. The number of hydrogen-bond acceptors (Lipinski definition) is 4. The molecule has 1 unspecified atom stereocenters. The van der Waals surface area contributed by atoms with Crippen LogP contribution in [0.5, 0.6) is 0 Å². The summed E-state index contributed by atoms with van der Waals surface area (Å²) in [5.74, 6) is -0.334. The van der Waals surface area contributed by atoms with Gasteiger partial charge in [-0.25, -0.2) is 8.42 Å². The van der Waals surface area contributed by atoms with E-state index in [9.17, 15) is 13.2 Å². The van der Waals surface area contributed by atoms with Crippen LogP contribution in [0.25, 0.3) is 0 Å². The molecule has 0 saturated heterocycles. The van der Waals surface area contributed by atoms with E-state index in [1.807, 2.05) is 13.8 Å². The second kappa shape index (κ2) is 7.59. The van der Waals surface area contributed by atoms with E-state index in [0.29, 0.717) is 12.1 Å². The average molecular weight is 346 g/mol. The average Bonchev–Trinajstić information content (AvgIpc) is 2.61. The van der Waals surface area contributed by atoms with Crippen molar-refractivity contribution in [2.45, 2.75) is 42.5 Å². The third-order valence-corrected chi connectivity index (χ3v) is 5.60. The summed E-state index contributed by atoms with van der Waals surface area (Å²) < 4.78 is 25.4. The molecule has 0 heterocycles. The Morgan fingerprint density at radius 1 is 1.08 bits per heavy atom. The highest BCUT2D eigenvalue weighted by Crippen LogP contribution is 2.24. The minimum Gasteiger partial charge on any atom is -0.325 e. The van der Waals surface area contributed by atoms with Crippen molar-refractivity contribution < 1.29 is 13.2 Å². The Kier molecular flexibility index (Phi) is 5.75. The Bertz CT molecular complexity index is 814. The Morgan fingerprint density at radius 3 is 2.33 bits per heavy atom. The van der Waals surface area contributed by atoms with Gasteiger partial charge in [-0.05, 0) is 48.7 Å². The highest BCUT2D eigenvalue weighted by atomic mass is 32.2. The standard InChI is InChI=1S/C18H22N2O3S/c1-3-13-8-10-15(11-9-13)24(22,23)16-7-5-6-14(12-16)20-18(21)17(19)4-2/h5-12,17H,3-4,19H2,1-2H3,(H,20,21).